The van der Waals surface area contributed by atoms with Gasteiger partial charge in [0.1, 0.15) is 5.69 Å². The topological polar surface area (TPSA) is 62.2 Å². The van der Waals surface area contributed by atoms with Crippen LogP contribution in [0.5, 0.6) is 5.75 Å². The lowest BCUT2D eigenvalue weighted by Gasteiger charge is -2.01. The van der Waals surface area contributed by atoms with Crippen LogP contribution in [0.1, 0.15) is 11.1 Å². The predicted octanol–water partition coefficient (Wildman–Crippen LogP) is 5.74. The van der Waals surface area contributed by atoms with E-state index in [0.29, 0.717) is 17.2 Å². The highest BCUT2D eigenvalue weighted by molar-refractivity contribution is 5.76. The van der Waals surface area contributed by atoms with Crippen LogP contribution in [0, 0.1) is 13.8 Å². The number of azo groups is 1. The molecule has 4 aromatic rings. The van der Waals surface area contributed by atoms with Gasteiger partial charge >= 0.3 is 0 Å². The predicted molar refractivity (Wildman–Crippen MR) is 102 cm³/mol. The van der Waals surface area contributed by atoms with Crippen LogP contribution in [0.15, 0.2) is 77.1 Å². The van der Waals surface area contributed by atoms with Crippen LogP contribution in [0.25, 0.3) is 16.9 Å². The van der Waals surface area contributed by atoms with Crippen LogP contribution in [-0.4, -0.2) is 14.5 Å². The summed E-state index contributed by atoms with van der Waals surface area (Å²) in [5.41, 5.74) is 5.13. The lowest BCUT2D eigenvalue weighted by atomic mass is 10.1. The first-order valence-electron chi connectivity index (χ1n) is 8.37. The third-order valence-electron chi connectivity index (χ3n) is 4.19. The zero-order valence-electron chi connectivity index (χ0n) is 14.6. The minimum absolute atomic E-state index is 0.109. The number of hydrogen-bond donors (Lipinski definition) is 1. The van der Waals surface area contributed by atoms with Crippen LogP contribution in [0.2, 0.25) is 0 Å². The van der Waals surface area contributed by atoms with Crippen LogP contribution >= 0.6 is 0 Å². The lowest BCUT2D eigenvalue weighted by molar-refractivity contribution is 0.477. The molecule has 4 rings (SSSR count). The number of pyridine rings is 1. The Labute approximate surface area is 151 Å². The molecule has 0 aliphatic heterocycles. The zero-order chi connectivity index (χ0) is 18.1. The molecule has 0 atom stereocenters. The van der Waals surface area contributed by atoms with Crippen molar-refractivity contribution in [3.05, 3.63) is 78.0 Å². The van der Waals surface area contributed by atoms with Crippen molar-refractivity contribution in [2.45, 2.75) is 13.8 Å². The fourth-order valence-electron chi connectivity index (χ4n) is 2.84. The number of fused-ring (bicyclic) bond motifs is 1. The molecule has 0 unspecified atom stereocenters. The summed E-state index contributed by atoms with van der Waals surface area (Å²) in [6.45, 7) is 4.06. The smallest absolute Gasteiger partial charge is 0.187 e. The van der Waals surface area contributed by atoms with Crippen molar-refractivity contribution in [2.75, 3.05) is 0 Å². The third kappa shape index (κ3) is 2.95. The van der Waals surface area contributed by atoms with Crippen molar-refractivity contribution in [1.82, 2.24) is 9.38 Å². The monoisotopic (exact) mass is 342 g/mol. The molecule has 0 bridgehead atoms. The van der Waals surface area contributed by atoms with Gasteiger partial charge in [0.2, 0.25) is 0 Å². The summed E-state index contributed by atoms with van der Waals surface area (Å²) in [4.78, 5) is 4.60. The second-order valence-corrected chi connectivity index (χ2v) is 6.28. The molecular formula is C21H18N4O. The second kappa shape index (κ2) is 6.44. The average molecular weight is 342 g/mol. The Morgan fingerprint density at radius 2 is 1.69 bits per heavy atom. The Hall–Kier alpha value is -3.47. The number of imidazole rings is 1. The SMILES string of the molecule is Cc1ccc(-c2nc3c(O)cccn3c2N=Nc2cccc(C)c2)cc1. The molecule has 128 valence electrons. The fourth-order valence-corrected chi connectivity index (χ4v) is 2.84. The Morgan fingerprint density at radius 3 is 2.46 bits per heavy atom. The van der Waals surface area contributed by atoms with Gasteiger partial charge in [0.25, 0.3) is 0 Å². The molecule has 0 saturated carbocycles. The van der Waals surface area contributed by atoms with Gasteiger partial charge in [-0.15, -0.1) is 10.2 Å². The van der Waals surface area contributed by atoms with Gasteiger partial charge in [0.15, 0.2) is 17.2 Å². The standard InChI is InChI=1S/C21H18N4O/c1-14-8-10-16(11-9-14)19-21(24-23-17-6-3-5-15(2)13-17)25-12-4-7-18(26)20(25)22-19/h3-13,26H,1-2H3. The average Bonchev–Trinajstić information content (AvgIpc) is 3.01. The van der Waals surface area contributed by atoms with Crippen LogP contribution in [0.4, 0.5) is 11.5 Å². The molecule has 2 aromatic carbocycles. The van der Waals surface area contributed by atoms with Crippen LogP contribution < -0.4 is 0 Å². The quantitative estimate of drug-likeness (QED) is 0.483. The number of benzene rings is 2. The van der Waals surface area contributed by atoms with Gasteiger partial charge in [0.05, 0.1) is 5.69 Å². The van der Waals surface area contributed by atoms with Crippen molar-refractivity contribution >= 4 is 17.2 Å². The minimum atomic E-state index is 0.109. The van der Waals surface area contributed by atoms with Crippen molar-refractivity contribution in [3.63, 3.8) is 0 Å². The summed E-state index contributed by atoms with van der Waals surface area (Å²) >= 11 is 0. The number of aryl methyl sites for hydroxylation is 2. The first kappa shape index (κ1) is 16.0. The van der Waals surface area contributed by atoms with E-state index >= 15 is 0 Å². The van der Waals surface area contributed by atoms with E-state index in [4.69, 9.17) is 0 Å². The molecule has 0 amide bonds. The highest BCUT2D eigenvalue weighted by Gasteiger charge is 2.16. The zero-order valence-corrected chi connectivity index (χ0v) is 14.6. The minimum Gasteiger partial charge on any atom is -0.504 e. The van der Waals surface area contributed by atoms with Gasteiger partial charge in [-0.1, -0.05) is 42.0 Å². The van der Waals surface area contributed by atoms with E-state index in [2.05, 4.69) is 15.2 Å². The molecule has 5 heteroatoms. The molecule has 0 fully saturated rings. The van der Waals surface area contributed by atoms with E-state index in [-0.39, 0.29) is 5.75 Å². The van der Waals surface area contributed by atoms with E-state index in [1.165, 1.54) is 5.56 Å². The Balaban J connectivity index is 1.90. The van der Waals surface area contributed by atoms with Crippen LogP contribution in [0.3, 0.4) is 0 Å². The maximum Gasteiger partial charge on any atom is 0.187 e. The molecule has 0 spiro atoms. The molecule has 2 aromatic heterocycles. The number of nitrogens with zero attached hydrogens (tertiary/aromatic N) is 4. The van der Waals surface area contributed by atoms with Gasteiger partial charge in [-0.05, 0) is 43.7 Å². The van der Waals surface area contributed by atoms with Crippen molar-refractivity contribution in [3.8, 4) is 17.0 Å². The maximum absolute atomic E-state index is 10.2. The van der Waals surface area contributed by atoms with Crippen molar-refractivity contribution < 1.29 is 5.11 Å². The molecule has 26 heavy (non-hydrogen) atoms. The van der Waals surface area contributed by atoms with E-state index < -0.39 is 0 Å². The summed E-state index contributed by atoms with van der Waals surface area (Å²) in [6.07, 6.45) is 1.82. The molecule has 0 radical (unpaired) electrons. The number of aromatic nitrogens is 2. The molecular weight excluding hydrogens is 324 g/mol. The molecule has 2 heterocycles. The second-order valence-electron chi connectivity index (χ2n) is 6.28. The first-order chi connectivity index (χ1) is 12.6. The van der Waals surface area contributed by atoms with Crippen molar-refractivity contribution in [2.24, 2.45) is 10.2 Å². The first-order valence-corrected chi connectivity index (χ1v) is 8.37. The van der Waals surface area contributed by atoms with E-state index in [1.54, 1.807) is 16.5 Å². The fraction of sp³-hybridized carbons (Fsp3) is 0.0952. The number of aromatic hydroxyl groups is 1. The summed E-state index contributed by atoms with van der Waals surface area (Å²) in [5, 5.41) is 19.0. The normalized spacial score (nSPS) is 11.5. The molecule has 0 aliphatic carbocycles. The lowest BCUT2D eigenvalue weighted by Crippen LogP contribution is -1.83. The summed E-state index contributed by atoms with van der Waals surface area (Å²) in [6, 6.07) is 19.3. The summed E-state index contributed by atoms with van der Waals surface area (Å²) in [7, 11) is 0. The van der Waals surface area contributed by atoms with Gasteiger partial charge in [-0.3, -0.25) is 4.40 Å². The maximum atomic E-state index is 10.2. The van der Waals surface area contributed by atoms with Gasteiger partial charge < -0.3 is 5.11 Å². The molecule has 1 N–H and O–H groups in total. The highest BCUT2D eigenvalue weighted by Crippen LogP contribution is 2.34. The molecule has 0 saturated heterocycles. The third-order valence-corrected chi connectivity index (χ3v) is 4.19. The van der Waals surface area contributed by atoms with Gasteiger partial charge in [-0.25, -0.2) is 4.98 Å². The Bertz CT molecular complexity index is 1110. The Kier molecular flexibility index (Phi) is 3.97. The number of hydrogen-bond acceptors (Lipinski definition) is 4. The molecule has 5 nitrogen and oxygen atoms in total. The Morgan fingerprint density at radius 1 is 0.885 bits per heavy atom. The van der Waals surface area contributed by atoms with Crippen molar-refractivity contribution in [1.29, 1.82) is 0 Å². The van der Waals surface area contributed by atoms with Crippen LogP contribution in [-0.2, 0) is 0 Å². The molecule has 0 aliphatic rings. The largest absolute Gasteiger partial charge is 0.504 e. The summed E-state index contributed by atoms with van der Waals surface area (Å²) in [5.74, 6) is 0.694. The summed E-state index contributed by atoms with van der Waals surface area (Å²) < 4.78 is 1.75. The van der Waals surface area contributed by atoms with E-state index in [1.807, 2.05) is 68.6 Å². The number of rotatable bonds is 3. The van der Waals surface area contributed by atoms with Gasteiger partial charge in [-0.2, -0.15) is 0 Å². The highest BCUT2D eigenvalue weighted by atomic mass is 16.3. The van der Waals surface area contributed by atoms with E-state index in [0.717, 1.165) is 16.8 Å². The van der Waals surface area contributed by atoms with Gasteiger partial charge in [0, 0.05) is 11.8 Å². The van der Waals surface area contributed by atoms with E-state index in [9.17, 15) is 5.11 Å².